The van der Waals surface area contributed by atoms with Crippen LogP contribution in [0.1, 0.15) is 44.2 Å². The van der Waals surface area contributed by atoms with Gasteiger partial charge in [-0.05, 0) is 55.2 Å². The second-order valence-electron chi connectivity index (χ2n) is 5.65. The Balaban J connectivity index is 1.85. The third-order valence-electron chi connectivity index (χ3n) is 4.33. The fraction of sp³-hybridized carbons (Fsp3) is 0.667. The zero-order valence-corrected chi connectivity index (χ0v) is 11.2. The standard InChI is InChI=1S/C15H24N2/c1-11-4-5-15(8-13(11)3)17-10-14-9-16-7-6-12(14)2/h6-7,9,11,13,15,17H,4-5,8,10H2,1-3H3. The van der Waals surface area contributed by atoms with Gasteiger partial charge in [0.1, 0.15) is 0 Å². The molecule has 3 unspecified atom stereocenters. The van der Waals surface area contributed by atoms with Crippen LogP contribution in [-0.4, -0.2) is 11.0 Å². The predicted octanol–water partition coefficient (Wildman–Crippen LogP) is 3.30. The maximum Gasteiger partial charge on any atom is 0.0315 e. The minimum atomic E-state index is 0.695. The van der Waals surface area contributed by atoms with Crippen molar-refractivity contribution in [1.82, 2.24) is 10.3 Å². The highest BCUT2D eigenvalue weighted by molar-refractivity contribution is 5.21. The van der Waals surface area contributed by atoms with Crippen LogP contribution in [-0.2, 0) is 6.54 Å². The Hall–Kier alpha value is -0.890. The molecule has 1 aliphatic rings. The zero-order valence-electron chi connectivity index (χ0n) is 11.2. The Kier molecular flexibility index (Phi) is 4.16. The van der Waals surface area contributed by atoms with Crippen molar-refractivity contribution in [3.63, 3.8) is 0 Å². The molecule has 2 rings (SSSR count). The van der Waals surface area contributed by atoms with E-state index in [1.54, 1.807) is 0 Å². The van der Waals surface area contributed by atoms with Gasteiger partial charge in [0.05, 0.1) is 0 Å². The van der Waals surface area contributed by atoms with Crippen LogP contribution in [0.4, 0.5) is 0 Å². The second kappa shape index (κ2) is 5.63. The van der Waals surface area contributed by atoms with Crippen LogP contribution in [0.3, 0.4) is 0 Å². The van der Waals surface area contributed by atoms with Crippen LogP contribution in [0.15, 0.2) is 18.5 Å². The first-order chi connectivity index (χ1) is 8.16. The van der Waals surface area contributed by atoms with Gasteiger partial charge in [0.15, 0.2) is 0 Å². The summed E-state index contributed by atoms with van der Waals surface area (Å²) in [6, 6.07) is 2.78. The molecule has 1 N–H and O–H groups in total. The molecule has 17 heavy (non-hydrogen) atoms. The molecular weight excluding hydrogens is 208 g/mol. The molecule has 1 aliphatic carbocycles. The summed E-state index contributed by atoms with van der Waals surface area (Å²) in [6.45, 7) is 7.88. The van der Waals surface area contributed by atoms with Gasteiger partial charge in [0.2, 0.25) is 0 Å². The number of aryl methyl sites for hydroxylation is 1. The van der Waals surface area contributed by atoms with E-state index in [1.165, 1.54) is 30.4 Å². The van der Waals surface area contributed by atoms with Gasteiger partial charge in [0, 0.05) is 25.0 Å². The van der Waals surface area contributed by atoms with Crippen molar-refractivity contribution in [1.29, 1.82) is 0 Å². The summed E-state index contributed by atoms with van der Waals surface area (Å²) in [7, 11) is 0. The Labute approximate surface area is 105 Å². The molecule has 1 aromatic heterocycles. The molecule has 0 radical (unpaired) electrons. The normalized spacial score (nSPS) is 29.2. The first-order valence-electron chi connectivity index (χ1n) is 6.79. The minimum Gasteiger partial charge on any atom is -0.310 e. The van der Waals surface area contributed by atoms with Crippen LogP contribution in [0.25, 0.3) is 0 Å². The summed E-state index contributed by atoms with van der Waals surface area (Å²) >= 11 is 0. The van der Waals surface area contributed by atoms with Gasteiger partial charge in [-0.25, -0.2) is 0 Å². The summed E-state index contributed by atoms with van der Waals surface area (Å²) in [4.78, 5) is 4.20. The molecule has 2 heteroatoms. The lowest BCUT2D eigenvalue weighted by Crippen LogP contribution is -2.35. The maximum atomic E-state index is 4.20. The monoisotopic (exact) mass is 232 g/mol. The summed E-state index contributed by atoms with van der Waals surface area (Å²) in [5.41, 5.74) is 2.67. The second-order valence-corrected chi connectivity index (χ2v) is 5.65. The molecule has 1 saturated carbocycles. The summed E-state index contributed by atoms with van der Waals surface area (Å²) in [6.07, 6.45) is 7.86. The van der Waals surface area contributed by atoms with Crippen molar-refractivity contribution in [2.75, 3.05) is 0 Å². The molecule has 0 spiro atoms. The highest BCUT2D eigenvalue weighted by Crippen LogP contribution is 2.29. The highest BCUT2D eigenvalue weighted by Gasteiger charge is 2.23. The van der Waals surface area contributed by atoms with Gasteiger partial charge < -0.3 is 5.32 Å². The fourth-order valence-electron chi connectivity index (χ4n) is 2.67. The molecular formula is C15H24N2. The van der Waals surface area contributed by atoms with E-state index in [9.17, 15) is 0 Å². The number of aromatic nitrogens is 1. The van der Waals surface area contributed by atoms with E-state index in [-0.39, 0.29) is 0 Å². The molecule has 1 aromatic rings. The van der Waals surface area contributed by atoms with E-state index in [2.05, 4.69) is 37.1 Å². The fourth-order valence-corrected chi connectivity index (χ4v) is 2.67. The number of nitrogens with one attached hydrogen (secondary N) is 1. The zero-order chi connectivity index (χ0) is 12.3. The van der Waals surface area contributed by atoms with E-state index in [1.807, 2.05) is 12.4 Å². The van der Waals surface area contributed by atoms with E-state index < -0.39 is 0 Å². The number of hydrogen-bond acceptors (Lipinski definition) is 2. The van der Waals surface area contributed by atoms with Crippen molar-refractivity contribution in [3.05, 3.63) is 29.6 Å². The third-order valence-corrected chi connectivity index (χ3v) is 4.33. The van der Waals surface area contributed by atoms with E-state index >= 15 is 0 Å². The minimum absolute atomic E-state index is 0.695. The van der Waals surface area contributed by atoms with Crippen molar-refractivity contribution in [2.45, 2.75) is 52.6 Å². The molecule has 2 nitrogen and oxygen atoms in total. The van der Waals surface area contributed by atoms with Crippen LogP contribution >= 0.6 is 0 Å². The Morgan fingerprint density at radius 1 is 1.29 bits per heavy atom. The SMILES string of the molecule is Cc1ccncc1CNC1CCC(C)C(C)C1. The molecule has 3 atom stereocenters. The van der Waals surface area contributed by atoms with E-state index in [0.29, 0.717) is 6.04 Å². The third kappa shape index (κ3) is 3.29. The smallest absolute Gasteiger partial charge is 0.0315 e. The summed E-state index contributed by atoms with van der Waals surface area (Å²) in [5, 5.41) is 3.69. The number of pyridine rings is 1. The molecule has 0 saturated heterocycles. The number of nitrogens with zero attached hydrogens (tertiary/aromatic N) is 1. The summed E-state index contributed by atoms with van der Waals surface area (Å²) in [5.74, 6) is 1.75. The lowest BCUT2D eigenvalue weighted by atomic mass is 9.79. The van der Waals surface area contributed by atoms with Gasteiger partial charge >= 0.3 is 0 Å². The van der Waals surface area contributed by atoms with Crippen LogP contribution in [0.5, 0.6) is 0 Å². The lowest BCUT2D eigenvalue weighted by Gasteiger charge is -2.32. The first kappa shape index (κ1) is 12.6. The van der Waals surface area contributed by atoms with Crippen LogP contribution in [0.2, 0.25) is 0 Å². The van der Waals surface area contributed by atoms with Gasteiger partial charge in [-0.2, -0.15) is 0 Å². The Morgan fingerprint density at radius 2 is 2.12 bits per heavy atom. The van der Waals surface area contributed by atoms with Crippen molar-refractivity contribution >= 4 is 0 Å². The predicted molar refractivity (Wildman–Crippen MR) is 71.8 cm³/mol. The van der Waals surface area contributed by atoms with E-state index in [0.717, 1.165) is 18.4 Å². The van der Waals surface area contributed by atoms with Crippen molar-refractivity contribution in [3.8, 4) is 0 Å². The van der Waals surface area contributed by atoms with E-state index in [4.69, 9.17) is 0 Å². The average Bonchev–Trinajstić information content (AvgIpc) is 2.32. The molecule has 1 fully saturated rings. The first-order valence-corrected chi connectivity index (χ1v) is 6.79. The number of rotatable bonds is 3. The lowest BCUT2D eigenvalue weighted by molar-refractivity contribution is 0.225. The topological polar surface area (TPSA) is 24.9 Å². The Bertz CT molecular complexity index is 362. The van der Waals surface area contributed by atoms with Crippen molar-refractivity contribution in [2.24, 2.45) is 11.8 Å². The molecule has 94 valence electrons. The largest absolute Gasteiger partial charge is 0.310 e. The van der Waals surface area contributed by atoms with Crippen LogP contribution < -0.4 is 5.32 Å². The van der Waals surface area contributed by atoms with Gasteiger partial charge in [-0.1, -0.05) is 13.8 Å². The molecule has 1 heterocycles. The molecule has 0 aliphatic heterocycles. The number of hydrogen-bond donors (Lipinski definition) is 1. The van der Waals surface area contributed by atoms with Crippen molar-refractivity contribution < 1.29 is 0 Å². The van der Waals surface area contributed by atoms with Gasteiger partial charge in [-0.15, -0.1) is 0 Å². The summed E-state index contributed by atoms with van der Waals surface area (Å²) < 4.78 is 0. The maximum absolute atomic E-state index is 4.20. The highest BCUT2D eigenvalue weighted by atomic mass is 14.9. The van der Waals surface area contributed by atoms with Crippen LogP contribution in [0, 0.1) is 18.8 Å². The Morgan fingerprint density at radius 3 is 2.82 bits per heavy atom. The quantitative estimate of drug-likeness (QED) is 0.865. The molecule has 0 amide bonds. The average molecular weight is 232 g/mol. The molecule has 0 bridgehead atoms. The van der Waals surface area contributed by atoms with Gasteiger partial charge in [0.25, 0.3) is 0 Å². The molecule has 0 aromatic carbocycles. The van der Waals surface area contributed by atoms with Gasteiger partial charge in [-0.3, -0.25) is 4.98 Å².